The second kappa shape index (κ2) is 6.57. The summed E-state index contributed by atoms with van der Waals surface area (Å²) >= 11 is 0. The molecular formula is C19H17N5O. The molecule has 1 aromatic heterocycles. The van der Waals surface area contributed by atoms with E-state index < -0.39 is 0 Å². The summed E-state index contributed by atoms with van der Waals surface area (Å²) in [5.74, 6) is -0.335. The number of nitrogens with one attached hydrogen (secondary N) is 1. The molecule has 0 bridgehead atoms. The number of hydrogen-bond donors (Lipinski definition) is 1. The van der Waals surface area contributed by atoms with Crippen LogP contribution in [0.4, 0.5) is 5.69 Å². The highest BCUT2D eigenvalue weighted by Crippen LogP contribution is 2.16. The molecule has 0 fully saturated rings. The van der Waals surface area contributed by atoms with E-state index in [9.17, 15) is 4.79 Å². The number of amides is 1. The average molecular weight is 331 g/mol. The molecule has 0 spiro atoms. The van der Waals surface area contributed by atoms with Gasteiger partial charge in [-0.25, -0.2) is 0 Å². The SMILES string of the molecule is Cc1ccc(-n2nc(C)c(C(=O)Nc3ccc(C#N)cc3)n2)c(C)c1. The van der Waals surface area contributed by atoms with Crippen molar-refractivity contribution in [3.8, 4) is 11.8 Å². The van der Waals surface area contributed by atoms with E-state index in [1.54, 1.807) is 31.2 Å². The third kappa shape index (κ3) is 3.40. The van der Waals surface area contributed by atoms with Crippen molar-refractivity contribution >= 4 is 11.6 Å². The van der Waals surface area contributed by atoms with Gasteiger partial charge in [0.15, 0.2) is 5.69 Å². The van der Waals surface area contributed by atoms with Gasteiger partial charge in [-0.2, -0.15) is 15.2 Å². The van der Waals surface area contributed by atoms with Crippen molar-refractivity contribution < 1.29 is 4.79 Å². The molecule has 124 valence electrons. The number of rotatable bonds is 3. The topological polar surface area (TPSA) is 83.6 Å². The van der Waals surface area contributed by atoms with Gasteiger partial charge in [0.25, 0.3) is 5.91 Å². The molecule has 0 unspecified atom stereocenters. The Morgan fingerprint density at radius 2 is 1.80 bits per heavy atom. The van der Waals surface area contributed by atoms with Crippen LogP contribution in [0.25, 0.3) is 5.69 Å². The summed E-state index contributed by atoms with van der Waals surface area (Å²) in [6, 6.07) is 14.7. The highest BCUT2D eigenvalue weighted by atomic mass is 16.2. The first-order valence-corrected chi connectivity index (χ1v) is 7.81. The van der Waals surface area contributed by atoms with Crippen molar-refractivity contribution in [3.63, 3.8) is 0 Å². The first-order valence-electron chi connectivity index (χ1n) is 7.81. The van der Waals surface area contributed by atoms with Crippen LogP contribution in [0.15, 0.2) is 42.5 Å². The smallest absolute Gasteiger partial charge is 0.278 e. The van der Waals surface area contributed by atoms with Gasteiger partial charge in [0.1, 0.15) is 0 Å². The number of nitriles is 1. The summed E-state index contributed by atoms with van der Waals surface area (Å²) in [4.78, 5) is 14.0. The first kappa shape index (κ1) is 16.4. The van der Waals surface area contributed by atoms with Crippen LogP contribution in [-0.4, -0.2) is 20.9 Å². The first-order chi connectivity index (χ1) is 12.0. The van der Waals surface area contributed by atoms with E-state index in [1.165, 1.54) is 4.80 Å². The summed E-state index contributed by atoms with van der Waals surface area (Å²) in [6.45, 7) is 5.76. The molecule has 25 heavy (non-hydrogen) atoms. The molecule has 3 rings (SSSR count). The molecule has 3 aromatic rings. The number of aryl methyl sites for hydroxylation is 3. The molecule has 1 heterocycles. The highest BCUT2D eigenvalue weighted by Gasteiger charge is 2.17. The molecule has 1 amide bonds. The second-order valence-electron chi connectivity index (χ2n) is 5.86. The van der Waals surface area contributed by atoms with Gasteiger partial charge >= 0.3 is 0 Å². The van der Waals surface area contributed by atoms with Crippen LogP contribution in [-0.2, 0) is 0 Å². The fraction of sp³-hybridized carbons (Fsp3) is 0.158. The molecule has 0 radical (unpaired) electrons. The van der Waals surface area contributed by atoms with E-state index in [2.05, 4.69) is 15.5 Å². The van der Waals surface area contributed by atoms with Crippen molar-refractivity contribution in [2.75, 3.05) is 5.32 Å². The van der Waals surface area contributed by atoms with Crippen molar-refractivity contribution in [1.29, 1.82) is 5.26 Å². The van der Waals surface area contributed by atoms with E-state index in [0.29, 0.717) is 16.9 Å². The van der Waals surface area contributed by atoms with Gasteiger partial charge in [0, 0.05) is 5.69 Å². The second-order valence-corrected chi connectivity index (χ2v) is 5.86. The summed E-state index contributed by atoms with van der Waals surface area (Å²) in [6.07, 6.45) is 0. The number of aromatic nitrogens is 3. The Balaban J connectivity index is 1.86. The summed E-state index contributed by atoms with van der Waals surface area (Å²) < 4.78 is 0. The number of hydrogen-bond acceptors (Lipinski definition) is 4. The largest absolute Gasteiger partial charge is 0.321 e. The number of nitrogens with zero attached hydrogens (tertiary/aromatic N) is 4. The lowest BCUT2D eigenvalue weighted by atomic mass is 10.1. The molecule has 0 aliphatic carbocycles. The highest BCUT2D eigenvalue weighted by molar-refractivity contribution is 6.03. The third-order valence-corrected chi connectivity index (χ3v) is 3.84. The number of carbonyl (C=O) groups is 1. The molecule has 0 saturated carbocycles. The van der Waals surface area contributed by atoms with Crippen LogP contribution in [0.1, 0.15) is 32.9 Å². The Hall–Kier alpha value is -3.46. The molecule has 0 atom stereocenters. The zero-order valence-electron chi connectivity index (χ0n) is 14.2. The lowest BCUT2D eigenvalue weighted by Gasteiger charge is -2.05. The lowest BCUT2D eigenvalue weighted by molar-refractivity contribution is 0.102. The third-order valence-electron chi connectivity index (χ3n) is 3.84. The summed E-state index contributed by atoms with van der Waals surface area (Å²) in [7, 11) is 0. The van der Waals surface area contributed by atoms with Gasteiger partial charge in [-0.15, -0.1) is 5.10 Å². The molecular weight excluding hydrogens is 314 g/mol. The number of anilines is 1. The molecule has 0 saturated heterocycles. The number of benzene rings is 2. The predicted molar refractivity (Wildman–Crippen MR) is 94.7 cm³/mol. The van der Waals surface area contributed by atoms with Gasteiger partial charge in [0.2, 0.25) is 0 Å². The van der Waals surface area contributed by atoms with E-state index in [-0.39, 0.29) is 11.6 Å². The van der Waals surface area contributed by atoms with Crippen LogP contribution < -0.4 is 5.32 Å². The minimum absolute atomic E-state index is 0.268. The minimum Gasteiger partial charge on any atom is -0.321 e. The monoisotopic (exact) mass is 331 g/mol. The lowest BCUT2D eigenvalue weighted by Crippen LogP contribution is -2.14. The molecule has 0 aliphatic rings. The van der Waals surface area contributed by atoms with E-state index >= 15 is 0 Å². The van der Waals surface area contributed by atoms with Gasteiger partial charge in [-0.05, 0) is 56.7 Å². The van der Waals surface area contributed by atoms with Gasteiger partial charge in [-0.3, -0.25) is 4.79 Å². The fourth-order valence-corrected chi connectivity index (χ4v) is 2.54. The maximum atomic E-state index is 12.5. The van der Waals surface area contributed by atoms with Crippen LogP contribution >= 0.6 is 0 Å². The fourth-order valence-electron chi connectivity index (χ4n) is 2.54. The van der Waals surface area contributed by atoms with Crippen molar-refractivity contribution in [2.45, 2.75) is 20.8 Å². The molecule has 6 heteroatoms. The molecule has 1 N–H and O–H groups in total. The van der Waals surface area contributed by atoms with Gasteiger partial charge in [0.05, 0.1) is 23.0 Å². The average Bonchev–Trinajstić information content (AvgIpc) is 2.97. The standard InChI is InChI=1S/C19H17N5O/c1-12-4-9-17(13(2)10-12)24-22-14(3)18(23-24)19(25)21-16-7-5-15(11-20)6-8-16/h4-10H,1-3H3,(H,21,25). The van der Waals surface area contributed by atoms with Crippen molar-refractivity contribution in [3.05, 3.63) is 70.5 Å². The van der Waals surface area contributed by atoms with E-state index in [1.807, 2.05) is 38.1 Å². The minimum atomic E-state index is -0.335. The van der Waals surface area contributed by atoms with Crippen LogP contribution in [0.2, 0.25) is 0 Å². The van der Waals surface area contributed by atoms with Gasteiger partial charge < -0.3 is 5.32 Å². The Kier molecular flexibility index (Phi) is 4.31. The quantitative estimate of drug-likeness (QED) is 0.798. The van der Waals surface area contributed by atoms with E-state index in [4.69, 9.17) is 5.26 Å². The van der Waals surface area contributed by atoms with Crippen LogP contribution in [0, 0.1) is 32.1 Å². The molecule has 2 aromatic carbocycles. The maximum absolute atomic E-state index is 12.5. The van der Waals surface area contributed by atoms with Gasteiger partial charge in [-0.1, -0.05) is 17.7 Å². The molecule has 6 nitrogen and oxygen atoms in total. The Labute approximate surface area is 145 Å². The summed E-state index contributed by atoms with van der Waals surface area (Å²) in [5.41, 5.74) is 4.99. The van der Waals surface area contributed by atoms with Crippen molar-refractivity contribution in [1.82, 2.24) is 15.0 Å². The normalized spacial score (nSPS) is 10.3. The van der Waals surface area contributed by atoms with Crippen molar-refractivity contribution in [2.24, 2.45) is 0 Å². The maximum Gasteiger partial charge on any atom is 0.278 e. The van der Waals surface area contributed by atoms with E-state index in [0.717, 1.165) is 16.8 Å². The number of carbonyl (C=O) groups excluding carboxylic acids is 1. The summed E-state index contributed by atoms with van der Waals surface area (Å²) in [5, 5.41) is 20.3. The van der Waals surface area contributed by atoms with Crippen LogP contribution in [0.3, 0.4) is 0 Å². The zero-order valence-corrected chi connectivity index (χ0v) is 14.2. The Morgan fingerprint density at radius 3 is 2.44 bits per heavy atom. The Morgan fingerprint density at radius 1 is 1.08 bits per heavy atom. The molecule has 0 aliphatic heterocycles. The van der Waals surface area contributed by atoms with Crippen LogP contribution in [0.5, 0.6) is 0 Å². The zero-order chi connectivity index (χ0) is 18.0. The predicted octanol–water partition coefficient (Wildman–Crippen LogP) is 3.32. The Bertz CT molecular complexity index is 980.